The van der Waals surface area contributed by atoms with Crippen LogP contribution in [-0.2, 0) is 23.1 Å². The summed E-state index contributed by atoms with van der Waals surface area (Å²) < 4.78 is 45.2. The van der Waals surface area contributed by atoms with E-state index in [1.807, 2.05) is 20.8 Å². The minimum atomic E-state index is -3.67. The molecule has 4 atom stereocenters. The van der Waals surface area contributed by atoms with Gasteiger partial charge in [-0.25, -0.2) is 18.8 Å². The van der Waals surface area contributed by atoms with Gasteiger partial charge in [0.2, 0.25) is 0 Å². The van der Waals surface area contributed by atoms with Crippen molar-refractivity contribution < 1.29 is 27.5 Å². The molecule has 0 aromatic carbocycles. The molecule has 0 bridgehead atoms. The molecule has 1 saturated heterocycles. The van der Waals surface area contributed by atoms with Crippen LogP contribution in [0.1, 0.15) is 51.6 Å². The Morgan fingerprint density at radius 2 is 2.09 bits per heavy atom. The van der Waals surface area contributed by atoms with Gasteiger partial charge in [0.1, 0.15) is 6.17 Å². The predicted octanol–water partition coefficient (Wildman–Crippen LogP) is 3.54. The number of hydrogen-bond donors (Lipinski definition) is 1. The topological polar surface area (TPSA) is 109 Å². The minimum Gasteiger partial charge on any atom is -0.349 e. The molecule has 2 heterocycles. The fraction of sp³-hybridized carbons (Fsp3) is 0.750. The summed E-state index contributed by atoms with van der Waals surface area (Å²) in [6, 6.07) is 0. The Balaban J connectivity index is 1.92. The van der Waals surface area contributed by atoms with Crippen molar-refractivity contribution in [3.63, 3.8) is 0 Å². The third-order valence-electron chi connectivity index (χ3n) is 4.76. The van der Waals surface area contributed by atoms with Crippen LogP contribution in [0.3, 0.4) is 0 Å². The van der Waals surface area contributed by atoms with E-state index in [1.165, 1.54) is 6.20 Å². The molecule has 0 radical (unpaired) electrons. The summed E-state index contributed by atoms with van der Waals surface area (Å²) in [5.41, 5.74) is 0.254. The standard InChI is InChI=1S/C20H33FN3O6PS/c1-7-22-31(27,28-8-9-32-18(25)20(4,5)6)29-12-15-10-16(21)17(30-15)24-11-13(2)14(3)23-19(24)26/h11,15-17H,7-10,12H2,1-6H3,(H,22,27). The summed E-state index contributed by atoms with van der Waals surface area (Å²) in [7, 11) is -3.67. The van der Waals surface area contributed by atoms with E-state index in [9.17, 15) is 18.5 Å². The van der Waals surface area contributed by atoms with E-state index in [-0.39, 0.29) is 24.7 Å². The second kappa shape index (κ2) is 11.4. The van der Waals surface area contributed by atoms with E-state index in [4.69, 9.17) is 13.8 Å². The Hall–Kier alpha value is -1.10. The maximum Gasteiger partial charge on any atom is 0.405 e. The lowest BCUT2D eigenvalue weighted by atomic mass is 10.00. The van der Waals surface area contributed by atoms with Crippen LogP contribution >= 0.6 is 19.5 Å². The van der Waals surface area contributed by atoms with E-state index in [0.717, 1.165) is 21.9 Å². The van der Waals surface area contributed by atoms with E-state index in [1.54, 1.807) is 20.8 Å². The molecule has 0 spiro atoms. The first-order valence-electron chi connectivity index (χ1n) is 10.5. The van der Waals surface area contributed by atoms with Crippen LogP contribution in [0.15, 0.2) is 11.0 Å². The van der Waals surface area contributed by atoms with Gasteiger partial charge in [-0.15, -0.1) is 0 Å². The van der Waals surface area contributed by atoms with Crippen molar-refractivity contribution in [3.8, 4) is 0 Å². The van der Waals surface area contributed by atoms with Crippen molar-refractivity contribution >= 4 is 24.6 Å². The van der Waals surface area contributed by atoms with Gasteiger partial charge >= 0.3 is 13.4 Å². The van der Waals surface area contributed by atoms with Gasteiger partial charge in [0, 0.05) is 36.0 Å². The highest BCUT2D eigenvalue weighted by atomic mass is 32.2. The number of aromatic nitrogens is 2. The van der Waals surface area contributed by atoms with Gasteiger partial charge in [0.05, 0.1) is 19.3 Å². The van der Waals surface area contributed by atoms with E-state index in [0.29, 0.717) is 18.0 Å². The Bertz CT molecular complexity index is 906. The summed E-state index contributed by atoms with van der Waals surface area (Å²) in [4.78, 5) is 28.0. The number of halogens is 1. The number of aryl methyl sites for hydroxylation is 2. The molecular formula is C20H33FN3O6PS. The number of rotatable bonds is 10. The molecule has 12 heteroatoms. The third-order valence-corrected chi connectivity index (χ3v) is 7.72. The molecule has 0 amide bonds. The Kier molecular flexibility index (Phi) is 9.63. The molecule has 1 aromatic rings. The largest absolute Gasteiger partial charge is 0.405 e. The van der Waals surface area contributed by atoms with Gasteiger partial charge < -0.3 is 4.74 Å². The number of alkyl halides is 1. The summed E-state index contributed by atoms with van der Waals surface area (Å²) in [6.45, 7) is 10.9. The molecule has 32 heavy (non-hydrogen) atoms. The normalized spacial score (nSPS) is 23.3. The Morgan fingerprint density at radius 1 is 1.41 bits per heavy atom. The van der Waals surface area contributed by atoms with Crippen molar-refractivity contribution in [1.82, 2.24) is 14.6 Å². The summed E-state index contributed by atoms with van der Waals surface area (Å²) >= 11 is 1.11. The van der Waals surface area contributed by atoms with Crippen LogP contribution < -0.4 is 10.8 Å². The van der Waals surface area contributed by atoms with E-state index >= 15 is 0 Å². The number of nitrogens with one attached hydrogen (secondary N) is 1. The maximum absolute atomic E-state index is 14.6. The van der Waals surface area contributed by atoms with Gasteiger partial charge in [-0.1, -0.05) is 39.5 Å². The van der Waals surface area contributed by atoms with Crippen molar-refractivity contribution in [2.45, 2.75) is 66.5 Å². The first-order valence-corrected chi connectivity index (χ1v) is 13.1. The van der Waals surface area contributed by atoms with Crippen LogP contribution in [0.2, 0.25) is 0 Å². The van der Waals surface area contributed by atoms with Crippen LogP contribution in [0.25, 0.3) is 0 Å². The zero-order valence-electron chi connectivity index (χ0n) is 19.4. The molecule has 2 rings (SSSR count). The van der Waals surface area contributed by atoms with E-state index in [2.05, 4.69) is 10.1 Å². The van der Waals surface area contributed by atoms with E-state index < -0.39 is 37.4 Å². The van der Waals surface area contributed by atoms with Crippen molar-refractivity contribution in [2.24, 2.45) is 5.41 Å². The van der Waals surface area contributed by atoms with Gasteiger partial charge in [0.15, 0.2) is 11.3 Å². The molecule has 182 valence electrons. The fourth-order valence-electron chi connectivity index (χ4n) is 2.89. The number of carbonyl (C=O) groups excluding carboxylic acids is 1. The predicted molar refractivity (Wildman–Crippen MR) is 122 cm³/mol. The minimum absolute atomic E-state index is 0.00996. The molecule has 4 unspecified atom stereocenters. The smallest absolute Gasteiger partial charge is 0.349 e. The number of carbonyl (C=O) groups is 1. The highest BCUT2D eigenvalue weighted by molar-refractivity contribution is 8.13. The Labute approximate surface area is 192 Å². The average Bonchev–Trinajstić information content (AvgIpc) is 3.06. The zero-order chi connectivity index (χ0) is 24.1. The van der Waals surface area contributed by atoms with Gasteiger partial charge in [0.25, 0.3) is 0 Å². The molecule has 1 aliphatic rings. The van der Waals surface area contributed by atoms with Crippen molar-refractivity contribution in [3.05, 3.63) is 27.9 Å². The van der Waals surface area contributed by atoms with Crippen LogP contribution in [0.4, 0.5) is 4.39 Å². The molecule has 0 saturated carbocycles. The quantitative estimate of drug-likeness (QED) is 0.387. The lowest BCUT2D eigenvalue weighted by molar-refractivity contribution is -0.117. The van der Waals surface area contributed by atoms with Crippen LogP contribution in [0, 0.1) is 19.3 Å². The molecule has 1 N–H and O–H groups in total. The Morgan fingerprint density at radius 3 is 2.72 bits per heavy atom. The van der Waals surface area contributed by atoms with Gasteiger partial charge in [-0.2, -0.15) is 4.98 Å². The molecule has 0 aliphatic carbocycles. The monoisotopic (exact) mass is 493 g/mol. The summed E-state index contributed by atoms with van der Waals surface area (Å²) in [6.07, 6.45) is -1.77. The number of hydrogen-bond acceptors (Lipinski definition) is 8. The fourth-order valence-corrected chi connectivity index (χ4v) is 5.14. The number of thioether (sulfide) groups is 1. The molecule has 1 aliphatic heterocycles. The van der Waals surface area contributed by atoms with Crippen molar-refractivity contribution in [1.29, 1.82) is 0 Å². The highest BCUT2D eigenvalue weighted by Crippen LogP contribution is 2.45. The van der Waals surface area contributed by atoms with Gasteiger partial charge in [-0.05, 0) is 19.4 Å². The lowest BCUT2D eigenvalue weighted by Crippen LogP contribution is -2.31. The number of nitrogens with zero attached hydrogens (tertiary/aromatic N) is 2. The molecule has 1 aromatic heterocycles. The SMILES string of the molecule is CCNP(=O)(OCCSC(=O)C(C)(C)C)OCC1CC(F)C(n2cc(C)c(C)nc2=O)O1. The molecule has 9 nitrogen and oxygen atoms in total. The lowest BCUT2D eigenvalue weighted by Gasteiger charge is -2.21. The summed E-state index contributed by atoms with van der Waals surface area (Å²) in [5, 5.41) is 2.69. The zero-order valence-corrected chi connectivity index (χ0v) is 21.1. The second-order valence-electron chi connectivity index (χ2n) is 8.62. The molecule has 1 fully saturated rings. The number of ether oxygens (including phenoxy) is 1. The molecular weight excluding hydrogens is 460 g/mol. The van der Waals surface area contributed by atoms with Gasteiger partial charge in [-0.3, -0.25) is 18.4 Å². The third kappa shape index (κ3) is 7.46. The average molecular weight is 494 g/mol. The summed E-state index contributed by atoms with van der Waals surface area (Å²) in [5.74, 6) is 0.325. The maximum atomic E-state index is 14.6. The first-order chi connectivity index (χ1) is 14.9. The van der Waals surface area contributed by atoms with Crippen LogP contribution in [-0.4, -0.2) is 52.5 Å². The first kappa shape index (κ1) is 27.1. The second-order valence-corrected chi connectivity index (χ2v) is 11.5. The van der Waals surface area contributed by atoms with Crippen molar-refractivity contribution in [2.75, 3.05) is 25.5 Å². The highest BCUT2D eigenvalue weighted by Gasteiger charge is 2.39. The van der Waals surface area contributed by atoms with Crippen LogP contribution in [0.5, 0.6) is 0 Å².